The molecule has 6 heteroatoms. The van der Waals surface area contributed by atoms with Crippen molar-refractivity contribution in [2.75, 3.05) is 11.1 Å². The Kier molecular flexibility index (Phi) is 4.37. The van der Waals surface area contributed by atoms with Gasteiger partial charge in [-0.3, -0.25) is 9.48 Å². The van der Waals surface area contributed by atoms with Crippen LogP contribution in [0.2, 0.25) is 0 Å². The second-order valence-corrected chi connectivity index (χ2v) is 6.29. The molecule has 1 heterocycles. The van der Waals surface area contributed by atoms with Crippen molar-refractivity contribution in [1.29, 1.82) is 0 Å². The Hall–Kier alpha value is -1.82. The minimum absolute atomic E-state index is 0.262. The number of benzene rings is 1. The number of nitrogens with zero attached hydrogens (tertiary/aromatic N) is 2. The third-order valence-electron chi connectivity index (χ3n) is 3.34. The number of halogens is 1. The summed E-state index contributed by atoms with van der Waals surface area (Å²) in [4.78, 5) is 12.3. The standard InChI is InChI=1S/C15H19BrN4O/c1-8(2)13-7-12(19-20(13)4)15(21)18-11-6-10(16)5-9(3)14(11)17/h5-8H,17H2,1-4H3,(H,18,21). The number of nitrogen functional groups attached to an aromatic ring is 1. The molecule has 0 saturated heterocycles. The number of carbonyl (C=O) groups is 1. The highest BCUT2D eigenvalue weighted by molar-refractivity contribution is 9.10. The first kappa shape index (κ1) is 15.6. The lowest BCUT2D eigenvalue weighted by molar-refractivity contribution is 0.102. The Morgan fingerprint density at radius 3 is 2.62 bits per heavy atom. The Morgan fingerprint density at radius 2 is 2.05 bits per heavy atom. The maximum Gasteiger partial charge on any atom is 0.276 e. The van der Waals surface area contributed by atoms with Crippen molar-refractivity contribution in [2.45, 2.75) is 26.7 Å². The zero-order chi connectivity index (χ0) is 15.7. The maximum atomic E-state index is 12.3. The van der Waals surface area contributed by atoms with Gasteiger partial charge in [-0.1, -0.05) is 29.8 Å². The molecule has 0 aliphatic heterocycles. The van der Waals surface area contributed by atoms with Gasteiger partial charge < -0.3 is 11.1 Å². The first-order valence-electron chi connectivity index (χ1n) is 6.70. The topological polar surface area (TPSA) is 72.9 Å². The number of amides is 1. The fraction of sp³-hybridized carbons (Fsp3) is 0.333. The lowest BCUT2D eigenvalue weighted by Gasteiger charge is -2.10. The van der Waals surface area contributed by atoms with Crippen LogP contribution in [0.3, 0.4) is 0 Å². The van der Waals surface area contributed by atoms with E-state index in [0.717, 1.165) is 15.7 Å². The van der Waals surface area contributed by atoms with E-state index in [9.17, 15) is 4.79 Å². The van der Waals surface area contributed by atoms with Crippen molar-refractivity contribution in [1.82, 2.24) is 9.78 Å². The van der Waals surface area contributed by atoms with Crippen molar-refractivity contribution in [3.8, 4) is 0 Å². The van der Waals surface area contributed by atoms with Gasteiger partial charge in [-0.15, -0.1) is 0 Å². The van der Waals surface area contributed by atoms with Gasteiger partial charge >= 0.3 is 0 Å². The van der Waals surface area contributed by atoms with Gasteiger partial charge in [0.05, 0.1) is 11.4 Å². The Bertz CT molecular complexity index is 691. The highest BCUT2D eigenvalue weighted by atomic mass is 79.9. The highest BCUT2D eigenvalue weighted by Crippen LogP contribution is 2.28. The van der Waals surface area contributed by atoms with Crippen molar-refractivity contribution >= 4 is 33.2 Å². The van der Waals surface area contributed by atoms with Gasteiger partial charge in [0.15, 0.2) is 5.69 Å². The molecule has 0 bridgehead atoms. The SMILES string of the molecule is Cc1cc(Br)cc(NC(=O)c2cc(C(C)C)n(C)n2)c1N. The van der Waals surface area contributed by atoms with Crippen LogP contribution in [0.5, 0.6) is 0 Å². The maximum absolute atomic E-state index is 12.3. The molecule has 2 rings (SSSR count). The van der Waals surface area contributed by atoms with Gasteiger partial charge in [0, 0.05) is 17.2 Å². The van der Waals surface area contributed by atoms with Gasteiger partial charge in [-0.2, -0.15) is 5.10 Å². The molecule has 0 unspecified atom stereocenters. The van der Waals surface area contributed by atoms with Gasteiger partial charge in [0.25, 0.3) is 5.91 Å². The number of nitrogens with two attached hydrogens (primary N) is 1. The summed E-state index contributed by atoms with van der Waals surface area (Å²) in [6, 6.07) is 5.50. The summed E-state index contributed by atoms with van der Waals surface area (Å²) in [7, 11) is 1.84. The predicted octanol–water partition coefficient (Wildman–Crippen LogP) is 3.45. The van der Waals surface area contributed by atoms with Crippen LogP contribution in [0.4, 0.5) is 11.4 Å². The molecule has 0 aliphatic rings. The molecule has 21 heavy (non-hydrogen) atoms. The molecule has 1 aromatic carbocycles. The molecule has 3 N–H and O–H groups in total. The number of aromatic nitrogens is 2. The van der Waals surface area contributed by atoms with Crippen LogP contribution in [0.25, 0.3) is 0 Å². The number of nitrogens with one attached hydrogen (secondary N) is 1. The largest absolute Gasteiger partial charge is 0.397 e. The zero-order valence-corrected chi connectivity index (χ0v) is 14.2. The number of anilines is 2. The van der Waals surface area contributed by atoms with E-state index < -0.39 is 0 Å². The molecule has 0 atom stereocenters. The van der Waals surface area contributed by atoms with E-state index in [1.54, 1.807) is 16.8 Å². The van der Waals surface area contributed by atoms with Crippen LogP contribution >= 0.6 is 15.9 Å². The molecule has 112 valence electrons. The fourth-order valence-electron chi connectivity index (χ4n) is 2.18. The summed E-state index contributed by atoms with van der Waals surface area (Å²) in [5.41, 5.74) is 9.45. The minimum Gasteiger partial charge on any atom is -0.397 e. The first-order chi connectivity index (χ1) is 9.79. The summed E-state index contributed by atoms with van der Waals surface area (Å²) in [5.74, 6) is 0.0453. The van der Waals surface area contributed by atoms with Crippen LogP contribution < -0.4 is 11.1 Å². The van der Waals surface area contributed by atoms with Gasteiger partial charge in [0.2, 0.25) is 0 Å². The molecule has 1 aromatic heterocycles. The van der Waals surface area contributed by atoms with Gasteiger partial charge in [0.1, 0.15) is 0 Å². The zero-order valence-electron chi connectivity index (χ0n) is 12.6. The van der Waals surface area contributed by atoms with E-state index in [0.29, 0.717) is 23.0 Å². The van der Waals surface area contributed by atoms with E-state index in [1.807, 2.05) is 20.0 Å². The summed E-state index contributed by atoms with van der Waals surface area (Å²) in [5, 5.41) is 7.07. The second kappa shape index (κ2) is 5.89. The van der Waals surface area contributed by atoms with Crippen LogP contribution in [0.15, 0.2) is 22.7 Å². The smallest absolute Gasteiger partial charge is 0.276 e. The van der Waals surface area contributed by atoms with E-state index in [-0.39, 0.29) is 5.91 Å². The number of hydrogen-bond donors (Lipinski definition) is 2. The third-order valence-corrected chi connectivity index (χ3v) is 3.80. The van der Waals surface area contributed by atoms with Crippen molar-refractivity contribution in [2.24, 2.45) is 7.05 Å². The van der Waals surface area contributed by atoms with Crippen molar-refractivity contribution in [3.63, 3.8) is 0 Å². The molecule has 0 aliphatic carbocycles. The van der Waals surface area contributed by atoms with E-state index in [4.69, 9.17) is 5.73 Å². The molecule has 0 saturated carbocycles. The molecule has 2 aromatic rings. The monoisotopic (exact) mass is 350 g/mol. The Balaban J connectivity index is 2.28. The molecular weight excluding hydrogens is 332 g/mol. The van der Waals surface area contributed by atoms with Crippen LogP contribution in [-0.2, 0) is 7.05 Å². The summed E-state index contributed by atoms with van der Waals surface area (Å²) in [6.07, 6.45) is 0. The third kappa shape index (κ3) is 3.26. The van der Waals surface area contributed by atoms with E-state index >= 15 is 0 Å². The minimum atomic E-state index is -0.262. The van der Waals surface area contributed by atoms with Crippen LogP contribution in [0, 0.1) is 6.92 Å². The second-order valence-electron chi connectivity index (χ2n) is 5.37. The average molecular weight is 351 g/mol. The van der Waals surface area contributed by atoms with Gasteiger partial charge in [-0.05, 0) is 36.6 Å². The lowest BCUT2D eigenvalue weighted by Crippen LogP contribution is -2.14. The molecular formula is C15H19BrN4O. The highest BCUT2D eigenvalue weighted by Gasteiger charge is 2.16. The number of hydrogen-bond acceptors (Lipinski definition) is 3. The van der Waals surface area contributed by atoms with Crippen molar-refractivity contribution in [3.05, 3.63) is 39.6 Å². The molecule has 5 nitrogen and oxygen atoms in total. The first-order valence-corrected chi connectivity index (χ1v) is 7.49. The number of rotatable bonds is 3. The molecule has 1 amide bonds. The summed E-state index contributed by atoms with van der Waals surface area (Å²) in [6.45, 7) is 6.02. The number of carbonyl (C=O) groups excluding carboxylic acids is 1. The summed E-state index contributed by atoms with van der Waals surface area (Å²) < 4.78 is 2.60. The normalized spacial score (nSPS) is 11.0. The molecule has 0 fully saturated rings. The van der Waals surface area contributed by atoms with Crippen LogP contribution in [0.1, 0.15) is 41.5 Å². The van der Waals surface area contributed by atoms with E-state index in [1.165, 1.54) is 0 Å². The molecule has 0 radical (unpaired) electrons. The Labute approximate surface area is 132 Å². The van der Waals surface area contributed by atoms with Crippen LogP contribution in [-0.4, -0.2) is 15.7 Å². The lowest BCUT2D eigenvalue weighted by atomic mass is 10.1. The van der Waals surface area contributed by atoms with E-state index in [2.05, 4.69) is 40.2 Å². The fourth-order valence-corrected chi connectivity index (χ4v) is 2.75. The summed E-state index contributed by atoms with van der Waals surface area (Å²) >= 11 is 3.40. The Morgan fingerprint density at radius 1 is 1.38 bits per heavy atom. The van der Waals surface area contributed by atoms with Gasteiger partial charge in [-0.25, -0.2) is 0 Å². The quantitative estimate of drug-likeness (QED) is 0.832. The van der Waals surface area contributed by atoms with Crippen molar-refractivity contribution < 1.29 is 4.79 Å². The number of aryl methyl sites for hydroxylation is 2. The average Bonchev–Trinajstić information content (AvgIpc) is 2.77. The molecule has 0 spiro atoms. The predicted molar refractivity (Wildman–Crippen MR) is 88.5 cm³/mol.